The van der Waals surface area contributed by atoms with Crippen LogP contribution in [0.3, 0.4) is 0 Å². The Hall–Kier alpha value is -2.59. The van der Waals surface area contributed by atoms with Gasteiger partial charge in [-0.05, 0) is 31.9 Å². The molecule has 0 radical (unpaired) electrons. The van der Waals surface area contributed by atoms with E-state index in [4.69, 9.17) is 9.84 Å². The number of nitrogens with one attached hydrogen (secondary N) is 2. The number of para-hydroxylation sites is 1. The number of hydrogen-bond donors (Lipinski definition) is 3. The molecule has 0 heterocycles. The predicted octanol–water partition coefficient (Wildman–Crippen LogP) is 1.69. The Morgan fingerprint density at radius 2 is 1.96 bits per heavy atom. The first-order chi connectivity index (χ1) is 11.7. The van der Waals surface area contributed by atoms with Gasteiger partial charge in [-0.2, -0.15) is 5.26 Å². The zero-order valence-electron chi connectivity index (χ0n) is 15.0. The molecule has 2 atom stereocenters. The first kappa shape index (κ1) is 20.5. The van der Waals surface area contributed by atoms with Crippen molar-refractivity contribution in [1.82, 2.24) is 5.32 Å². The highest BCUT2D eigenvalue weighted by Crippen LogP contribution is 2.18. The van der Waals surface area contributed by atoms with Crippen molar-refractivity contribution >= 4 is 17.6 Å². The highest BCUT2D eigenvalue weighted by molar-refractivity contribution is 5.97. The lowest BCUT2D eigenvalue weighted by Crippen LogP contribution is -2.52. The van der Waals surface area contributed by atoms with Gasteiger partial charge in [0.2, 0.25) is 0 Å². The van der Waals surface area contributed by atoms with E-state index in [1.54, 1.807) is 31.2 Å². The second-order valence-electron chi connectivity index (χ2n) is 6.20. The molecule has 0 saturated carbocycles. The number of aliphatic hydroxyl groups excluding tert-OH is 1. The summed E-state index contributed by atoms with van der Waals surface area (Å²) in [6.45, 7) is 6.93. The van der Waals surface area contributed by atoms with Gasteiger partial charge in [0.25, 0.3) is 5.91 Å². The summed E-state index contributed by atoms with van der Waals surface area (Å²) in [6.07, 6.45) is -1.05. The van der Waals surface area contributed by atoms with Crippen LogP contribution in [-0.2, 0) is 9.53 Å². The summed E-state index contributed by atoms with van der Waals surface area (Å²) in [6, 6.07) is 8.75. The quantitative estimate of drug-likeness (QED) is 0.617. The zero-order chi connectivity index (χ0) is 19.0. The number of benzene rings is 1. The van der Waals surface area contributed by atoms with Crippen LogP contribution in [0.2, 0.25) is 0 Å². The van der Waals surface area contributed by atoms with Crippen molar-refractivity contribution in [3.05, 3.63) is 29.8 Å². The Bertz CT molecular complexity index is 654. The molecule has 1 amide bonds. The number of rotatable bonds is 8. The Morgan fingerprint density at radius 3 is 2.52 bits per heavy atom. The van der Waals surface area contributed by atoms with E-state index in [2.05, 4.69) is 16.7 Å². The van der Waals surface area contributed by atoms with Crippen LogP contribution in [0.1, 0.15) is 38.1 Å². The number of hydrogen-bond acceptors (Lipinski definition) is 6. The number of carbonyl (C=O) groups is 2. The first-order valence-corrected chi connectivity index (χ1v) is 8.13. The molecule has 0 fully saturated rings. The smallest absolute Gasteiger partial charge is 0.341 e. The molecule has 0 aliphatic heterocycles. The molecule has 0 unspecified atom stereocenters. The Labute approximate surface area is 148 Å². The van der Waals surface area contributed by atoms with E-state index >= 15 is 0 Å². The normalized spacial score (nSPS) is 14.1. The third-order valence-electron chi connectivity index (χ3n) is 4.00. The van der Waals surface area contributed by atoms with E-state index < -0.39 is 23.5 Å². The van der Waals surface area contributed by atoms with Gasteiger partial charge in [0.05, 0.1) is 18.2 Å². The van der Waals surface area contributed by atoms with Crippen molar-refractivity contribution in [1.29, 1.82) is 5.26 Å². The molecule has 3 N–H and O–H groups in total. The van der Waals surface area contributed by atoms with E-state index in [1.807, 2.05) is 13.8 Å². The lowest BCUT2D eigenvalue weighted by Gasteiger charge is -2.28. The van der Waals surface area contributed by atoms with Gasteiger partial charge in [-0.3, -0.25) is 4.79 Å². The number of esters is 1. The van der Waals surface area contributed by atoms with E-state index in [0.717, 1.165) is 0 Å². The lowest BCUT2D eigenvalue weighted by molar-refractivity contribution is -0.130. The second kappa shape index (κ2) is 9.04. The van der Waals surface area contributed by atoms with Gasteiger partial charge in [-0.1, -0.05) is 26.0 Å². The largest absolute Gasteiger partial charge is 0.449 e. The van der Waals surface area contributed by atoms with Crippen molar-refractivity contribution in [3.63, 3.8) is 0 Å². The molecule has 1 aromatic rings. The van der Waals surface area contributed by atoms with Crippen molar-refractivity contribution in [2.24, 2.45) is 5.92 Å². The van der Waals surface area contributed by atoms with Gasteiger partial charge < -0.3 is 20.5 Å². The fraction of sp³-hybridized carbons (Fsp3) is 0.500. The summed E-state index contributed by atoms with van der Waals surface area (Å²) >= 11 is 0. The fourth-order valence-corrected chi connectivity index (χ4v) is 1.94. The number of aliphatic hydroxyl groups is 1. The minimum atomic E-state index is -1.05. The van der Waals surface area contributed by atoms with Gasteiger partial charge in [-0.15, -0.1) is 0 Å². The Morgan fingerprint density at radius 1 is 1.32 bits per heavy atom. The van der Waals surface area contributed by atoms with Crippen LogP contribution < -0.4 is 10.6 Å². The van der Waals surface area contributed by atoms with Crippen LogP contribution in [0, 0.1) is 17.2 Å². The molecule has 0 spiro atoms. The van der Waals surface area contributed by atoms with Crippen LogP contribution in [0.5, 0.6) is 0 Å². The molecule has 7 nitrogen and oxygen atoms in total. The topological polar surface area (TPSA) is 111 Å². The molecule has 0 bridgehead atoms. The third kappa shape index (κ3) is 5.47. The predicted molar refractivity (Wildman–Crippen MR) is 93.9 cm³/mol. The number of anilines is 1. The van der Waals surface area contributed by atoms with Gasteiger partial charge in [0, 0.05) is 12.2 Å². The first-order valence-electron chi connectivity index (χ1n) is 8.13. The van der Waals surface area contributed by atoms with E-state index in [9.17, 15) is 14.9 Å². The Kier molecular flexibility index (Phi) is 7.40. The fourth-order valence-electron chi connectivity index (χ4n) is 1.94. The molecule has 1 aromatic carbocycles. The van der Waals surface area contributed by atoms with Crippen LogP contribution >= 0.6 is 0 Å². The molecule has 0 aliphatic rings. The van der Waals surface area contributed by atoms with Gasteiger partial charge in [0.1, 0.15) is 5.54 Å². The molecule has 0 aliphatic carbocycles. The SMILES string of the molecule is CC(C)[C@@](C)(C#N)NC(=O)[C@H](C)OC(=O)c1ccccc1NCCO. The van der Waals surface area contributed by atoms with Crippen molar-refractivity contribution in [3.8, 4) is 6.07 Å². The Balaban J connectivity index is 2.80. The minimum absolute atomic E-state index is 0.0792. The van der Waals surface area contributed by atoms with Gasteiger partial charge in [0.15, 0.2) is 6.10 Å². The molecule has 0 saturated heterocycles. The highest BCUT2D eigenvalue weighted by atomic mass is 16.5. The second-order valence-corrected chi connectivity index (χ2v) is 6.20. The number of nitrogens with zero attached hydrogens (tertiary/aromatic N) is 1. The van der Waals surface area contributed by atoms with Crippen LogP contribution in [0.4, 0.5) is 5.69 Å². The van der Waals surface area contributed by atoms with Gasteiger partial charge >= 0.3 is 5.97 Å². The average Bonchev–Trinajstić information content (AvgIpc) is 2.59. The summed E-state index contributed by atoms with van der Waals surface area (Å²) in [5.41, 5.74) is -0.265. The van der Waals surface area contributed by atoms with Crippen molar-refractivity contribution in [2.75, 3.05) is 18.5 Å². The summed E-state index contributed by atoms with van der Waals surface area (Å²) < 4.78 is 5.23. The molecule has 136 valence electrons. The number of amides is 1. The lowest BCUT2D eigenvalue weighted by atomic mass is 9.90. The van der Waals surface area contributed by atoms with Gasteiger partial charge in [-0.25, -0.2) is 4.79 Å². The third-order valence-corrected chi connectivity index (χ3v) is 4.00. The molecule has 7 heteroatoms. The van der Waals surface area contributed by atoms with E-state index in [1.165, 1.54) is 6.92 Å². The number of carbonyl (C=O) groups excluding carboxylic acids is 2. The summed E-state index contributed by atoms with van der Waals surface area (Å²) in [4.78, 5) is 24.6. The van der Waals surface area contributed by atoms with E-state index in [-0.39, 0.29) is 24.6 Å². The van der Waals surface area contributed by atoms with Crippen LogP contribution in [0.15, 0.2) is 24.3 Å². The molecular formula is C18H25N3O4. The minimum Gasteiger partial charge on any atom is -0.449 e. The number of nitriles is 1. The standard InChI is InChI=1S/C18H25N3O4/c1-12(2)18(4,11-19)21-16(23)13(3)25-17(24)14-7-5-6-8-15(14)20-9-10-22/h5-8,12-13,20,22H,9-10H2,1-4H3,(H,21,23)/t13-,18+/m0/s1. The average molecular weight is 347 g/mol. The number of ether oxygens (including phenoxy) is 1. The van der Waals surface area contributed by atoms with Crippen molar-refractivity contribution in [2.45, 2.75) is 39.3 Å². The van der Waals surface area contributed by atoms with Crippen molar-refractivity contribution < 1.29 is 19.4 Å². The van der Waals surface area contributed by atoms with E-state index in [0.29, 0.717) is 5.69 Å². The van der Waals surface area contributed by atoms with Crippen LogP contribution in [0.25, 0.3) is 0 Å². The summed E-state index contributed by atoms with van der Waals surface area (Å²) in [5.74, 6) is -1.30. The molecular weight excluding hydrogens is 322 g/mol. The van der Waals surface area contributed by atoms with Crippen LogP contribution in [-0.4, -0.2) is 41.8 Å². The maximum absolute atomic E-state index is 12.3. The summed E-state index contributed by atoms with van der Waals surface area (Å²) in [5, 5.41) is 23.7. The molecule has 0 aromatic heterocycles. The molecule has 25 heavy (non-hydrogen) atoms. The zero-order valence-corrected chi connectivity index (χ0v) is 15.0. The molecule has 1 rings (SSSR count). The maximum Gasteiger partial charge on any atom is 0.341 e. The maximum atomic E-state index is 12.3. The monoisotopic (exact) mass is 347 g/mol. The summed E-state index contributed by atoms with van der Waals surface area (Å²) in [7, 11) is 0. The highest BCUT2D eigenvalue weighted by Gasteiger charge is 2.32.